The molecule has 0 bridgehead atoms. The van der Waals surface area contributed by atoms with Gasteiger partial charge in [-0.15, -0.1) is 0 Å². The summed E-state index contributed by atoms with van der Waals surface area (Å²) < 4.78 is 3.83. The minimum Gasteiger partial charge on any atom is -0.351 e. The Morgan fingerprint density at radius 2 is 1.74 bits per heavy atom. The molecule has 23 heavy (non-hydrogen) atoms. The van der Waals surface area contributed by atoms with E-state index in [-0.39, 0.29) is 0 Å². The van der Waals surface area contributed by atoms with Crippen LogP contribution in [0.25, 0.3) is 0 Å². The first-order valence-corrected chi connectivity index (χ1v) is 8.39. The quantitative estimate of drug-likeness (QED) is 0.385. The summed E-state index contributed by atoms with van der Waals surface area (Å²) in [5, 5.41) is 0. The molecule has 126 valence electrons. The molecular formula is C21H33N2+. The van der Waals surface area contributed by atoms with E-state index in [1.54, 1.807) is 0 Å². The summed E-state index contributed by atoms with van der Waals surface area (Å²) in [6.45, 7) is 14.0. The summed E-state index contributed by atoms with van der Waals surface area (Å²) >= 11 is 0. The van der Waals surface area contributed by atoms with E-state index in [0.717, 1.165) is 18.5 Å². The van der Waals surface area contributed by atoms with Crippen LogP contribution in [-0.2, 0) is 13.5 Å². The normalized spacial score (nSPS) is 9.09. The zero-order chi connectivity index (χ0) is 17.7. The van der Waals surface area contributed by atoms with Gasteiger partial charge >= 0.3 is 0 Å². The van der Waals surface area contributed by atoms with Crippen molar-refractivity contribution in [3.63, 3.8) is 0 Å². The lowest BCUT2D eigenvalue weighted by Crippen LogP contribution is -1.89. The van der Waals surface area contributed by atoms with Crippen molar-refractivity contribution < 1.29 is 4.58 Å². The molecule has 0 spiro atoms. The standard InChI is InChI=1S/C12H16.C7H11N2.C2H6/c1-3-7-11(2)10-12-8-5-4-6-9-12;1-8(2)7-4-5-9(3)6-7;1-2/h4-6,8-9H,2-3,7,10H2,1H3;4-6H,1H2,2-3H3;1-2H3/q;+1;. The van der Waals surface area contributed by atoms with Gasteiger partial charge in [-0.3, -0.25) is 0 Å². The molecule has 0 radical (unpaired) electrons. The lowest BCUT2D eigenvalue weighted by atomic mass is 10.0. The Hall–Kier alpha value is -2.09. The lowest BCUT2D eigenvalue weighted by molar-refractivity contribution is -0.394. The topological polar surface area (TPSA) is 7.94 Å². The van der Waals surface area contributed by atoms with E-state index in [2.05, 4.69) is 44.5 Å². The van der Waals surface area contributed by atoms with Gasteiger partial charge in [-0.2, -0.15) is 0 Å². The Kier molecular flexibility index (Phi) is 11.3. The number of allylic oxidation sites excluding steroid dienone is 1. The monoisotopic (exact) mass is 313 g/mol. The molecule has 0 aliphatic carbocycles. The fraction of sp³-hybridized carbons (Fsp3) is 0.381. The minimum absolute atomic E-state index is 1.04. The van der Waals surface area contributed by atoms with Crippen LogP contribution < -0.4 is 0 Å². The molecule has 2 heteroatoms. The predicted molar refractivity (Wildman–Crippen MR) is 104 cm³/mol. The largest absolute Gasteiger partial charge is 0.351 e. The van der Waals surface area contributed by atoms with Crippen LogP contribution in [0.4, 0.5) is 5.69 Å². The van der Waals surface area contributed by atoms with E-state index in [1.165, 1.54) is 17.6 Å². The predicted octanol–water partition coefficient (Wildman–Crippen LogP) is 5.61. The van der Waals surface area contributed by atoms with Crippen molar-refractivity contribution in [2.24, 2.45) is 7.05 Å². The number of rotatable bonds is 5. The average molecular weight is 314 g/mol. The van der Waals surface area contributed by atoms with Crippen molar-refractivity contribution >= 4 is 12.4 Å². The highest BCUT2D eigenvalue weighted by atomic mass is 15.0. The van der Waals surface area contributed by atoms with Crippen molar-refractivity contribution in [3.8, 4) is 0 Å². The third-order valence-corrected chi connectivity index (χ3v) is 3.16. The number of hydrogen-bond acceptors (Lipinski definition) is 0. The molecule has 0 amide bonds. The molecule has 1 heterocycles. The second-order valence-electron chi connectivity index (χ2n) is 5.40. The molecule has 0 aliphatic heterocycles. The highest BCUT2D eigenvalue weighted by Crippen LogP contribution is 2.10. The summed E-state index contributed by atoms with van der Waals surface area (Å²) in [6, 6.07) is 12.5. The van der Waals surface area contributed by atoms with E-state index < -0.39 is 0 Å². The smallest absolute Gasteiger partial charge is 0.222 e. The third-order valence-electron chi connectivity index (χ3n) is 3.16. The van der Waals surface area contributed by atoms with Gasteiger partial charge in [-0.25, -0.2) is 4.58 Å². The first-order chi connectivity index (χ1) is 11.0. The average Bonchev–Trinajstić information content (AvgIpc) is 2.98. The zero-order valence-electron chi connectivity index (χ0n) is 15.5. The van der Waals surface area contributed by atoms with Crippen LogP contribution in [0.2, 0.25) is 0 Å². The number of benzene rings is 1. The molecule has 0 fully saturated rings. The number of aryl methyl sites for hydroxylation is 1. The lowest BCUT2D eigenvalue weighted by Gasteiger charge is -2.02. The molecule has 0 saturated carbocycles. The maximum Gasteiger partial charge on any atom is 0.222 e. The Morgan fingerprint density at radius 3 is 2.13 bits per heavy atom. The molecule has 2 aromatic rings. The van der Waals surface area contributed by atoms with Gasteiger partial charge in [0.25, 0.3) is 0 Å². The molecule has 0 saturated heterocycles. The van der Waals surface area contributed by atoms with Crippen LogP contribution in [0.5, 0.6) is 0 Å². The van der Waals surface area contributed by atoms with Crippen LogP contribution in [0, 0.1) is 0 Å². The summed E-state index contributed by atoms with van der Waals surface area (Å²) in [7, 11) is 3.92. The van der Waals surface area contributed by atoms with Crippen LogP contribution in [0.1, 0.15) is 39.2 Å². The van der Waals surface area contributed by atoms with Gasteiger partial charge in [-0.1, -0.05) is 69.7 Å². The molecule has 0 N–H and O–H groups in total. The minimum atomic E-state index is 1.04. The highest BCUT2D eigenvalue weighted by molar-refractivity contribution is 5.30. The molecule has 2 nitrogen and oxygen atoms in total. The third kappa shape index (κ3) is 9.51. The molecular weight excluding hydrogens is 280 g/mol. The number of aromatic nitrogens is 1. The van der Waals surface area contributed by atoms with Gasteiger partial charge in [0.2, 0.25) is 5.69 Å². The summed E-state index contributed by atoms with van der Waals surface area (Å²) in [4.78, 5) is 0. The van der Waals surface area contributed by atoms with Gasteiger partial charge in [0.1, 0.15) is 13.8 Å². The Balaban J connectivity index is 0.000000392. The Morgan fingerprint density at radius 1 is 1.13 bits per heavy atom. The Bertz CT molecular complexity index is 565. The molecule has 0 atom stereocenters. The molecule has 1 aromatic carbocycles. The fourth-order valence-corrected chi connectivity index (χ4v) is 2.04. The zero-order valence-corrected chi connectivity index (χ0v) is 15.5. The molecule has 0 aliphatic rings. The van der Waals surface area contributed by atoms with E-state index >= 15 is 0 Å². The van der Waals surface area contributed by atoms with E-state index in [4.69, 9.17) is 0 Å². The molecule has 0 unspecified atom stereocenters. The highest BCUT2D eigenvalue weighted by Gasteiger charge is 1.98. The van der Waals surface area contributed by atoms with Gasteiger partial charge < -0.3 is 4.57 Å². The van der Waals surface area contributed by atoms with Crippen molar-refractivity contribution in [1.82, 2.24) is 4.57 Å². The van der Waals surface area contributed by atoms with Crippen LogP contribution >= 0.6 is 0 Å². The summed E-state index contributed by atoms with van der Waals surface area (Å²) in [5.41, 5.74) is 3.84. The molecule has 1 aromatic heterocycles. The first kappa shape index (κ1) is 20.9. The maximum absolute atomic E-state index is 4.04. The summed E-state index contributed by atoms with van der Waals surface area (Å²) in [5.74, 6) is 0. The van der Waals surface area contributed by atoms with Gasteiger partial charge in [0, 0.05) is 19.3 Å². The van der Waals surface area contributed by atoms with E-state index in [1.807, 2.05) is 61.6 Å². The van der Waals surface area contributed by atoms with Gasteiger partial charge in [0.05, 0.1) is 6.20 Å². The van der Waals surface area contributed by atoms with Crippen LogP contribution in [0.15, 0.2) is 60.9 Å². The van der Waals surface area contributed by atoms with Crippen LogP contribution in [-0.4, -0.2) is 22.9 Å². The fourth-order valence-electron chi connectivity index (χ4n) is 2.04. The second-order valence-corrected chi connectivity index (χ2v) is 5.40. The van der Waals surface area contributed by atoms with Crippen molar-refractivity contribution in [2.45, 2.75) is 40.0 Å². The molecule has 2 rings (SSSR count). The van der Waals surface area contributed by atoms with Crippen molar-refractivity contribution in [2.75, 3.05) is 7.05 Å². The number of nitrogens with zero attached hydrogens (tertiary/aromatic N) is 2. The second kappa shape index (κ2) is 12.5. The Labute approximate surface area is 142 Å². The number of hydrogen-bond donors (Lipinski definition) is 0. The SMILES string of the molecule is C=C(CCC)Cc1ccccc1.C=[N+](C)c1ccn(C)c1.CC. The van der Waals surface area contributed by atoms with Gasteiger partial charge in [-0.05, 0) is 18.4 Å². The van der Waals surface area contributed by atoms with Gasteiger partial charge in [0.15, 0.2) is 0 Å². The van der Waals surface area contributed by atoms with E-state index in [0.29, 0.717) is 0 Å². The van der Waals surface area contributed by atoms with Crippen molar-refractivity contribution in [3.05, 3.63) is 66.5 Å². The van der Waals surface area contributed by atoms with Crippen molar-refractivity contribution in [1.29, 1.82) is 0 Å². The van der Waals surface area contributed by atoms with Crippen LogP contribution in [0.3, 0.4) is 0 Å². The first-order valence-electron chi connectivity index (χ1n) is 8.39. The van der Waals surface area contributed by atoms with E-state index in [9.17, 15) is 0 Å². The summed E-state index contributed by atoms with van der Waals surface area (Å²) in [6.07, 6.45) is 7.40. The maximum atomic E-state index is 4.04.